The molecule has 4 heteroatoms. The van der Waals surface area contributed by atoms with E-state index in [2.05, 4.69) is 143 Å². The fourth-order valence-corrected chi connectivity index (χ4v) is 8.25. The summed E-state index contributed by atoms with van der Waals surface area (Å²) in [5.74, 6) is 0.719. The molecular formula is C44H27N3S. The first-order chi connectivity index (χ1) is 23.8. The summed E-state index contributed by atoms with van der Waals surface area (Å²) in [5.41, 5.74) is 8.50. The van der Waals surface area contributed by atoms with Gasteiger partial charge in [-0.15, -0.1) is 11.3 Å². The third-order valence-electron chi connectivity index (χ3n) is 9.47. The van der Waals surface area contributed by atoms with Crippen molar-refractivity contribution >= 4 is 64.8 Å². The Kier molecular flexibility index (Phi) is 6.05. The van der Waals surface area contributed by atoms with Crippen LogP contribution >= 0.6 is 11.3 Å². The van der Waals surface area contributed by atoms with Crippen molar-refractivity contribution in [3.05, 3.63) is 163 Å². The van der Waals surface area contributed by atoms with E-state index in [1.54, 1.807) is 0 Å². The molecule has 0 saturated carbocycles. The zero-order valence-corrected chi connectivity index (χ0v) is 26.7. The van der Waals surface area contributed by atoms with Crippen LogP contribution in [0.2, 0.25) is 0 Å². The molecule has 7 aromatic carbocycles. The number of hydrogen-bond acceptors (Lipinski definition) is 3. The molecule has 0 N–H and O–H groups in total. The van der Waals surface area contributed by atoms with E-state index < -0.39 is 0 Å². The van der Waals surface area contributed by atoms with Crippen LogP contribution in [0.4, 0.5) is 0 Å². The van der Waals surface area contributed by atoms with Gasteiger partial charge in [0.05, 0.1) is 22.4 Å². The number of nitrogens with zero attached hydrogens (tertiary/aromatic N) is 3. The van der Waals surface area contributed by atoms with Crippen molar-refractivity contribution < 1.29 is 0 Å². The maximum Gasteiger partial charge on any atom is 0.160 e. The van der Waals surface area contributed by atoms with Gasteiger partial charge in [0.25, 0.3) is 0 Å². The van der Waals surface area contributed by atoms with Crippen molar-refractivity contribution in [2.45, 2.75) is 0 Å². The van der Waals surface area contributed by atoms with Gasteiger partial charge in [0.2, 0.25) is 0 Å². The van der Waals surface area contributed by atoms with Crippen LogP contribution in [-0.4, -0.2) is 14.5 Å². The summed E-state index contributed by atoms with van der Waals surface area (Å²) >= 11 is 1.83. The topological polar surface area (TPSA) is 30.7 Å². The number of benzene rings is 7. The van der Waals surface area contributed by atoms with Crippen molar-refractivity contribution in [2.75, 3.05) is 0 Å². The number of thiophene rings is 1. The summed E-state index contributed by atoms with van der Waals surface area (Å²) in [4.78, 5) is 10.1. The number of fused-ring (bicyclic) bond motifs is 10. The van der Waals surface area contributed by atoms with Gasteiger partial charge in [-0.1, -0.05) is 127 Å². The molecule has 224 valence electrons. The molecule has 0 aliphatic rings. The number of rotatable bonds is 4. The summed E-state index contributed by atoms with van der Waals surface area (Å²) < 4.78 is 3.80. The Hall–Kier alpha value is -6.10. The van der Waals surface area contributed by atoms with E-state index in [1.165, 1.54) is 53.4 Å². The minimum atomic E-state index is 0.719. The smallest absolute Gasteiger partial charge is 0.160 e. The molecule has 10 rings (SSSR count). The maximum atomic E-state index is 5.08. The predicted molar refractivity (Wildman–Crippen MR) is 203 cm³/mol. The molecule has 3 heterocycles. The van der Waals surface area contributed by atoms with Crippen molar-refractivity contribution in [1.82, 2.24) is 14.5 Å². The molecule has 0 atom stereocenters. The predicted octanol–water partition coefficient (Wildman–Crippen LogP) is 12.1. The Morgan fingerprint density at radius 3 is 1.83 bits per heavy atom. The molecular weight excluding hydrogens is 603 g/mol. The van der Waals surface area contributed by atoms with Gasteiger partial charge in [0.1, 0.15) is 0 Å². The molecule has 0 unspecified atom stereocenters. The highest BCUT2D eigenvalue weighted by molar-refractivity contribution is 7.18. The van der Waals surface area contributed by atoms with E-state index in [0.717, 1.165) is 39.6 Å². The van der Waals surface area contributed by atoms with Gasteiger partial charge in [-0.05, 0) is 51.9 Å². The van der Waals surface area contributed by atoms with Crippen LogP contribution in [0.15, 0.2) is 163 Å². The molecule has 48 heavy (non-hydrogen) atoms. The molecule has 0 amide bonds. The molecule has 0 bridgehead atoms. The third kappa shape index (κ3) is 4.13. The lowest BCUT2D eigenvalue weighted by Crippen LogP contribution is -1.97. The Bertz CT molecular complexity index is 2760. The zero-order valence-electron chi connectivity index (χ0n) is 25.8. The minimum Gasteiger partial charge on any atom is -0.309 e. The molecule has 3 nitrogen and oxygen atoms in total. The fraction of sp³-hybridized carbons (Fsp3) is 0. The third-order valence-corrected chi connectivity index (χ3v) is 10.4. The molecule has 0 radical (unpaired) electrons. The van der Waals surface area contributed by atoms with Crippen LogP contribution in [0, 0.1) is 0 Å². The first kappa shape index (κ1) is 27.1. The average molecular weight is 630 g/mol. The van der Waals surface area contributed by atoms with E-state index in [4.69, 9.17) is 9.97 Å². The van der Waals surface area contributed by atoms with Gasteiger partial charge in [0.15, 0.2) is 5.82 Å². The summed E-state index contributed by atoms with van der Waals surface area (Å²) in [7, 11) is 0. The van der Waals surface area contributed by atoms with Gasteiger partial charge in [-0.2, -0.15) is 0 Å². The largest absolute Gasteiger partial charge is 0.309 e. The second-order valence-corrected chi connectivity index (χ2v) is 13.1. The van der Waals surface area contributed by atoms with Crippen molar-refractivity contribution in [3.63, 3.8) is 0 Å². The van der Waals surface area contributed by atoms with Crippen LogP contribution in [-0.2, 0) is 0 Å². The van der Waals surface area contributed by atoms with E-state index in [0.29, 0.717) is 0 Å². The maximum absolute atomic E-state index is 5.08. The van der Waals surface area contributed by atoms with Gasteiger partial charge >= 0.3 is 0 Å². The van der Waals surface area contributed by atoms with Crippen LogP contribution < -0.4 is 0 Å². The fourth-order valence-electron chi connectivity index (χ4n) is 7.29. The van der Waals surface area contributed by atoms with Crippen LogP contribution in [0.1, 0.15) is 0 Å². The lowest BCUT2D eigenvalue weighted by molar-refractivity contribution is 1.17. The monoisotopic (exact) mass is 629 g/mol. The molecule has 3 aromatic heterocycles. The lowest BCUT2D eigenvalue weighted by atomic mass is 9.99. The SMILES string of the molecule is c1ccc(-c2cc(-c3ccc(-n4c5ccc6ccccc6c5c5c6sccc6c6ccccc6c54)cc3)nc(-c3ccccc3)n2)cc1. The molecule has 0 aliphatic heterocycles. The summed E-state index contributed by atoms with van der Waals surface area (Å²) in [6, 6.07) is 56.0. The van der Waals surface area contributed by atoms with Crippen LogP contribution in [0.25, 0.3) is 93.0 Å². The van der Waals surface area contributed by atoms with Crippen molar-refractivity contribution in [1.29, 1.82) is 0 Å². The van der Waals surface area contributed by atoms with Crippen molar-refractivity contribution in [2.24, 2.45) is 0 Å². The summed E-state index contributed by atoms with van der Waals surface area (Å²) in [6.45, 7) is 0. The second kappa shape index (κ2) is 10.7. The summed E-state index contributed by atoms with van der Waals surface area (Å²) in [6.07, 6.45) is 0. The van der Waals surface area contributed by atoms with E-state index >= 15 is 0 Å². The van der Waals surface area contributed by atoms with E-state index in [9.17, 15) is 0 Å². The highest BCUT2D eigenvalue weighted by atomic mass is 32.1. The van der Waals surface area contributed by atoms with Gasteiger partial charge < -0.3 is 4.57 Å². The molecule has 10 aromatic rings. The first-order valence-electron chi connectivity index (χ1n) is 16.2. The molecule has 0 aliphatic carbocycles. The molecule has 0 fully saturated rings. The Morgan fingerprint density at radius 2 is 1.08 bits per heavy atom. The molecule has 0 saturated heterocycles. The second-order valence-electron chi connectivity index (χ2n) is 12.2. The van der Waals surface area contributed by atoms with Crippen molar-refractivity contribution in [3.8, 4) is 39.6 Å². The van der Waals surface area contributed by atoms with Crippen LogP contribution in [0.3, 0.4) is 0 Å². The first-order valence-corrected chi connectivity index (χ1v) is 17.0. The Labute approximate surface area is 281 Å². The lowest BCUT2D eigenvalue weighted by Gasteiger charge is -2.13. The minimum absolute atomic E-state index is 0.719. The average Bonchev–Trinajstić information content (AvgIpc) is 3.80. The van der Waals surface area contributed by atoms with Crippen LogP contribution in [0.5, 0.6) is 0 Å². The zero-order chi connectivity index (χ0) is 31.6. The molecule has 0 spiro atoms. The number of hydrogen-bond donors (Lipinski definition) is 0. The van der Waals surface area contributed by atoms with Gasteiger partial charge in [0, 0.05) is 48.6 Å². The summed E-state index contributed by atoms with van der Waals surface area (Å²) in [5, 5.41) is 11.3. The Balaban J connectivity index is 1.22. The van der Waals surface area contributed by atoms with E-state index in [1.807, 2.05) is 35.6 Å². The Morgan fingerprint density at radius 1 is 0.458 bits per heavy atom. The van der Waals surface area contributed by atoms with Gasteiger partial charge in [-0.3, -0.25) is 0 Å². The highest BCUT2D eigenvalue weighted by Gasteiger charge is 2.21. The normalized spacial score (nSPS) is 11.8. The standard InChI is InChI=1S/C44H27N3S/c1-3-12-29(13-4-1)37-27-38(46-44(45-37)31-14-5-2-6-15-31)30-19-22-32(23-20-30)47-39-24-21-28-11-7-8-16-33(28)40(39)41-42(47)35-18-10-9-17-34(35)36-25-26-48-43(36)41/h1-27H. The van der Waals surface area contributed by atoms with Gasteiger partial charge in [-0.25, -0.2) is 9.97 Å². The number of aromatic nitrogens is 3. The highest BCUT2D eigenvalue weighted by Crippen LogP contribution is 2.46. The van der Waals surface area contributed by atoms with E-state index in [-0.39, 0.29) is 0 Å². The quantitative estimate of drug-likeness (QED) is 0.194.